The Hall–Kier alpha value is -2.10. The van der Waals surface area contributed by atoms with Crippen molar-refractivity contribution in [3.05, 3.63) is 47.5 Å². The third-order valence-corrected chi connectivity index (χ3v) is 3.59. The van der Waals surface area contributed by atoms with Crippen LogP contribution in [-0.2, 0) is 4.74 Å². The van der Waals surface area contributed by atoms with Gasteiger partial charge in [-0.2, -0.15) is 0 Å². The van der Waals surface area contributed by atoms with Crippen molar-refractivity contribution < 1.29 is 9.53 Å². The number of esters is 1. The summed E-state index contributed by atoms with van der Waals surface area (Å²) in [6.07, 6.45) is 6.34. The van der Waals surface area contributed by atoms with Crippen LogP contribution in [0.3, 0.4) is 0 Å². The Morgan fingerprint density at radius 1 is 1.42 bits per heavy atom. The fourth-order valence-electron chi connectivity index (χ4n) is 2.29. The summed E-state index contributed by atoms with van der Waals surface area (Å²) in [5, 5.41) is 0. The summed E-state index contributed by atoms with van der Waals surface area (Å²) in [6, 6.07) is 5.63. The van der Waals surface area contributed by atoms with E-state index in [-0.39, 0.29) is 5.97 Å². The standard InChI is InChI=1S/C15H16N2O2/c1-10-12(15(18)19-2)4-3-5-14(10)17-8-13(16-9-17)11-6-7-11/h3-5,8-9,11H,6-7H2,1-2H3. The number of hydrogen-bond donors (Lipinski definition) is 0. The lowest BCUT2D eigenvalue weighted by molar-refractivity contribution is 0.0600. The molecule has 98 valence electrons. The maximum Gasteiger partial charge on any atom is 0.338 e. The molecule has 4 nitrogen and oxygen atoms in total. The second-order valence-corrected chi connectivity index (χ2v) is 4.92. The molecule has 0 radical (unpaired) electrons. The minimum atomic E-state index is -0.304. The van der Waals surface area contributed by atoms with E-state index in [0.29, 0.717) is 11.5 Å². The number of imidazole rings is 1. The van der Waals surface area contributed by atoms with Crippen LogP contribution in [0.1, 0.15) is 40.4 Å². The number of aromatic nitrogens is 2. The van der Waals surface area contributed by atoms with E-state index in [1.165, 1.54) is 20.0 Å². The first-order valence-corrected chi connectivity index (χ1v) is 6.43. The number of carbonyl (C=O) groups excluding carboxylic acids is 1. The quantitative estimate of drug-likeness (QED) is 0.793. The van der Waals surface area contributed by atoms with Crippen molar-refractivity contribution >= 4 is 5.97 Å². The van der Waals surface area contributed by atoms with Gasteiger partial charge in [0, 0.05) is 12.1 Å². The summed E-state index contributed by atoms with van der Waals surface area (Å²) in [5.74, 6) is 0.326. The van der Waals surface area contributed by atoms with E-state index in [2.05, 4.69) is 11.2 Å². The van der Waals surface area contributed by atoms with Gasteiger partial charge in [-0.25, -0.2) is 9.78 Å². The molecule has 0 N–H and O–H groups in total. The zero-order valence-corrected chi connectivity index (χ0v) is 11.1. The van der Waals surface area contributed by atoms with E-state index in [1.807, 2.05) is 30.0 Å². The van der Waals surface area contributed by atoms with Crippen LogP contribution in [-0.4, -0.2) is 22.6 Å². The summed E-state index contributed by atoms with van der Waals surface area (Å²) < 4.78 is 6.78. The lowest BCUT2D eigenvalue weighted by Gasteiger charge is -2.10. The highest BCUT2D eigenvalue weighted by atomic mass is 16.5. The molecule has 1 fully saturated rings. The molecule has 0 saturated heterocycles. The molecule has 19 heavy (non-hydrogen) atoms. The molecule has 0 spiro atoms. The molecule has 0 bridgehead atoms. The van der Waals surface area contributed by atoms with Crippen molar-refractivity contribution in [1.29, 1.82) is 0 Å². The first-order chi connectivity index (χ1) is 9.20. The molecule has 0 amide bonds. The lowest BCUT2D eigenvalue weighted by Crippen LogP contribution is -2.06. The number of hydrogen-bond acceptors (Lipinski definition) is 3. The SMILES string of the molecule is COC(=O)c1cccc(-n2cnc(C3CC3)c2)c1C. The van der Waals surface area contributed by atoms with Crippen LogP contribution >= 0.6 is 0 Å². The smallest absolute Gasteiger partial charge is 0.338 e. The fraction of sp³-hybridized carbons (Fsp3) is 0.333. The molecule has 0 aliphatic heterocycles. The Bertz CT molecular complexity index is 627. The third kappa shape index (κ3) is 2.14. The van der Waals surface area contributed by atoms with Crippen LogP contribution in [0.4, 0.5) is 0 Å². The number of ether oxygens (including phenoxy) is 1. The summed E-state index contributed by atoms with van der Waals surface area (Å²) >= 11 is 0. The molecule has 1 aliphatic rings. The van der Waals surface area contributed by atoms with E-state index in [9.17, 15) is 4.79 Å². The normalized spacial score (nSPS) is 14.4. The zero-order valence-electron chi connectivity index (χ0n) is 11.1. The summed E-state index contributed by atoms with van der Waals surface area (Å²) in [7, 11) is 1.40. The summed E-state index contributed by atoms with van der Waals surface area (Å²) in [5.41, 5.74) is 3.63. The molecule has 3 rings (SSSR count). The predicted molar refractivity (Wildman–Crippen MR) is 71.6 cm³/mol. The van der Waals surface area contributed by atoms with E-state index in [0.717, 1.165) is 16.9 Å². The Morgan fingerprint density at radius 2 is 2.21 bits per heavy atom. The van der Waals surface area contributed by atoms with Crippen LogP contribution in [0.2, 0.25) is 0 Å². The highest BCUT2D eigenvalue weighted by molar-refractivity contribution is 5.92. The van der Waals surface area contributed by atoms with E-state index in [1.54, 1.807) is 6.07 Å². The van der Waals surface area contributed by atoms with Crippen molar-refractivity contribution in [2.24, 2.45) is 0 Å². The van der Waals surface area contributed by atoms with E-state index in [4.69, 9.17) is 4.74 Å². The number of benzene rings is 1. The van der Waals surface area contributed by atoms with Crippen LogP contribution in [0, 0.1) is 6.92 Å². The molecular weight excluding hydrogens is 240 g/mol. The minimum Gasteiger partial charge on any atom is -0.465 e. The maximum atomic E-state index is 11.7. The molecule has 1 saturated carbocycles. The molecule has 0 unspecified atom stereocenters. The number of methoxy groups -OCH3 is 1. The van der Waals surface area contributed by atoms with Crippen LogP contribution in [0.25, 0.3) is 5.69 Å². The fourth-order valence-corrected chi connectivity index (χ4v) is 2.29. The van der Waals surface area contributed by atoms with Gasteiger partial charge in [0.15, 0.2) is 0 Å². The Kier molecular flexibility index (Phi) is 2.85. The average Bonchev–Trinajstić information content (AvgIpc) is 3.17. The van der Waals surface area contributed by atoms with Crippen molar-refractivity contribution in [3.63, 3.8) is 0 Å². The van der Waals surface area contributed by atoms with Crippen LogP contribution in [0.15, 0.2) is 30.7 Å². The van der Waals surface area contributed by atoms with Gasteiger partial charge in [0.2, 0.25) is 0 Å². The number of carbonyl (C=O) groups is 1. The second-order valence-electron chi connectivity index (χ2n) is 4.92. The summed E-state index contributed by atoms with van der Waals surface area (Å²) in [4.78, 5) is 16.1. The van der Waals surface area contributed by atoms with Gasteiger partial charge in [0.25, 0.3) is 0 Å². The van der Waals surface area contributed by atoms with Gasteiger partial charge in [0.05, 0.1) is 30.4 Å². The monoisotopic (exact) mass is 256 g/mol. The zero-order chi connectivity index (χ0) is 13.4. The van der Waals surface area contributed by atoms with Gasteiger partial charge in [-0.1, -0.05) is 6.07 Å². The molecule has 2 aromatic rings. The topological polar surface area (TPSA) is 44.1 Å². The van der Waals surface area contributed by atoms with Crippen molar-refractivity contribution in [1.82, 2.24) is 9.55 Å². The van der Waals surface area contributed by atoms with E-state index < -0.39 is 0 Å². The Balaban J connectivity index is 2.01. The van der Waals surface area contributed by atoms with Crippen LogP contribution < -0.4 is 0 Å². The molecule has 1 aliphatic carbocycles. The minimum absolute atomic E-state index is 0.304. The number of rotatable bonds is 3. The van der Waals surface area contributed by atoms with Crippen LogP contribution in [0.5, 0.6) is 0 Å². The van der Waals surface area contributed by atoms with Crippen molar-refractivity contribution in [2.45, 2.75) is 25.7 Å². The maximum absolute atomic E-state index is 11.7. The molecule has 4 heteroatoms. The molecule has 1 aromatic carbocycles. The van der Waals surface area contributed by atoms with Gasteiger partial charge >= 0.3 is 5.97 Å². The predicted octanol–water partition coefficient (Wildman–Crippen LogP) is 2.84. The largest absolute Gasteiger partial charge is 0.465 e. The highest BCUT2D eigenvalue weighted by Crippen LogP contribution is 2.39. The van der Waals surface area contributed by atoms with Gasteiger partial charge in [0.1, 0.15) is 0 Å². The van der Waals surface area contributed by atoms with Gasteiger partial charge in [-0.3, -0.25) is 0 Å². The van der Waals surface area contributed by atoms with Gasteiger partial charge < -0.3 is 9.30 Å². The first kappa shape index (κ1) is 12.0. The Labute approximate surface area is 112 Å². The van der Waals surface area contributed by atoms with Gasteiger partial charge in [-0.05, 0) is 37.5 Å². The molecular formula is C15H16N2O2. The molecule has 0 atom stereocenters. The van der Waals surface area contributed by atoms with Gasteiger partial charge in [-0.15, -0.1) is 0 Å². The second kappa shape index (κ2) is 4.53. The van der Waals surface area contributed by atoms with E-state index >= 15 is 0 Å². The van der Waals surface area contributed by atoms with Crippen molar-refractivity contribution in [3.8, 4) is 5.69 Å². The lowest BCUT2D eigenvalue weighted by atomic mass is 10.1. The molecule has 1 aromatic heterocycles. The first-order valence-electron chi connectivity index (χ1n) is 6.43. The summed E-state index contributed by atoms with van der Waals surface area (Å²) in [6.45, 7) is 1.93. The third-order valence-electron chi connectivity index (χ3n) is 3.59. The molecule has 1 heterocycles. The van der Waals surface area contributed by atoms with Crippen molar-refractivity contribution in [2.75, 3.05) is 7.11 Å². The highest BCUT2D eigenvalue weighted by Gasteiger charge is 2.26. The Morgan fingerprint density at radius 3 is 2.89 bits per heavy atom. The average molecular weight is 256 g/mol. The number of nitrogens with zero attached hydrogens (tertiary/aromatic N) is 2.